The topological polar surface area (TPSA) is 51.0 Å². The van der Waals surface area contributed by atoms with Crippen molar-refractivity contribution in [3.8, 4) is 11.5 Å². The van der Waals surface area contributed by atoms with Gasteiger partial charge in [-0.2, -0.15) is 4.98 Å². The lowest BCUT2D eigenvalue weighted by Gasteiger charge is -2.17. The van der Waals surface area contributed by atoms with Crippen molar-refractivity contribution >= 4 is 0 Å². The fraction of sp³-hybridized carbons (Fsp3) is 0.429. The van der Waals surface area contributed by atoms with Crippen LogP contribution in [0.15, 0.2) is 22.7 Å². The number of hydrogen-bond donors (Lipinski definition) is 1. The van der Waals surface area contributed by atoms with Crippen molar-refractivity contribution in [3.63, 3.8) is 0 Å². The molecule has 1 aromatic heterocycles. The second-order valence-electron chi connectivity index (χ2n) is 5.02. The van der Waals surface area contributed by atoms with E-state index in [1.165, 1.54) is 11.1 Å². The summed E-state index contributed by atoms with van der Waals surface area (Å²) in [5.41, 5.74) is 3.76. The molecule has 1 aromatic carbocycles. The molecule has 1 aliphatic heterocycles. The van der Waals surface area contributed by atoms with Gasteiger partial charge in [0.15, 0.2) is 5.82 Å². The van der Waals surface area contributed by atoms with Crippen molar-refractivity contribution in [3.05, 3.63) is 35.2 Å². The van der Waals surface area contributed by atoms with Crippen LogP contribution in [-0.2, 0) is 13.0 Å². The summed E-state index contributed by atoms with van der Waals surface area (Å²) < 4.78 is 5.32. The lowest BCUT2D eigenvalue weighted by atomic mass is 9.98. The Hall–Kier alpha value is -1.68. The van der Waals surface area contributed by atoms with E-state index in [0.717, 1.165) is 30.9 Å². The maximum absolute atomic E-state index is 5.32. The Labute approximate surface area is 106 Å². The number of rotatable bonds is 2. The third kappa shape index (κ3) is 2.04. The van der Waals surface area contributed by atoms with E-state index in [9.17, 15) is 0 Å². The zero-order chi connectivity index (χ0) is 12.5. The van der Waals surface area contributed by atoms with Crippen LogP contribution >= 0.6 is 0 Å². The Morgan fingerprint density at radius 3 is 2.94 bits per heavy atom. The highest BCUT2D eigenvalue weighted by Gasteiger charge is 2.14. The summed E-state index contributed by atoms with van der Waals surface area (Å²) in [5, 5.41) is 7.38. The molecule has 94 valence electrons. The molecule has 4 nitrogen and oxygen atoms in total. The Morgan fingerprint density at radius 2 is 2.17 bits per heavy atom. The molecule has 0 bridgehead atoms. The normalized spacial score (nSPS) is 14.8. The van der Waals surface area contributed by atoms with Gasteiger partial charge in [0.1, 0.15) is 0 Å². The minimum atomic E-state index is 0.293. The van der Waals surface area contributed by atoms with Crippen LogP contribution in [0.25, 0.3) is 11.5 Å². The molecular weight excluding hydrogens is 226 g/mol. The van der Waals surface area contributed by atoms with Crippen LogP contribution in [0.2, 0.25) is 0 Å². The molecule has 0 fully saturated rings. The maximum atomic E-state index is 5.32. The van der Waals surface area contributed by atoms with E-state index >= 15 is 0 Å². The summed E-state index contributed by atoms with van der Waals surface area (Å²) in [4.78, 5) is 4.43. The standard InChI is InChI=1S/C14H17N3O/c1-9(2)13-16-14(18-17-13)11-4-3-10-5-6-15-8-12(10)7-11/h3-4,7,9,15H,5-6,8H2,1-2H3. The molecule has 0 unspecified atom stereocenters. The van der Waals surface area contributed by atoms with Crippen LogP contribution in [0.1, 0.15) is 36.7 Å². The zero-order valence-electron chi connectivity index (χ0n) is 10.7. The Balaban J connectivity index is 1.95. The Kier molecular flexibility index (Phi) is 2.88. The Bertz CT molecular complexity index is 560. The lowest BCUT2D eigenvalue weighted by Crippen LogP contribution is -2.23. The van der Waals surface area contributed by atoms with Crippen molar-refractivity contribution in [2.75, 3.05) is 6.54 Å². The first-order valence-electron chi connectivity index (χ1n) is 6.40. The first-order chi connectivity index (χ1) is 8.74. The summed E-state index contributed by atoms with van der Waals surface area (Å²) in [6, 6.07) is 6.39. The SMILES string of the molecule is CC(C)c1noc(-c2ccc3c(c2)CNCC3)n1. The summed E-state index contributed by atoms with van der Waals surface area (Å²) in [6.07, 6.45) is 1.09. The van der Waals surface area contributed by atoms with Crippen LogP contribution in [-0.4, -0.2) is 16.7 Å². The van der Waals surface area contributed by atoms with E-state index in [4.69, 9.17) is 4.52 Å². The first kappa shape index (κ1) is 11.4. The summed E-state index contributed by atoms with van der Waals surface area (Å²) >= 11 is 0. The zero-order valence-corrected chi connectivity index (χ0v) is 10.7. The number of fused-ring (bicyclic) bond motifs is 1. The average molecular weight is 243 g/mol. The van der Waals surface area contributed by atoms with Gasteiger partial charge in [0, 0.05) is 18.0 Å². The molecule has 18 heavy (non-hydrogen) atoms. The molecule has 0 aliphatic carbocycles. The third-order valence-electron chi connectivity index (χ3n) is 3.30. The van der Waals surface area contributed by atoms with Crippen LogP contribution in [0, 0.1) is 0 Å². The molecule has 1 N–H and O–H groups in total. The molecule has 1 aliphatic rings. The van der Waals surface area contributed by atoms with Crippen molar-refractivity contribution in [1.82, 2.24) is 15.5 Å². The van der Waals surface area contributed by atoms with Gasteiger partial charge in [0.25, 0.3) is 5.89 Å². The van der Waals surface area contributed by atoms with Crippen LogP contribution in [0.4, 0.5) is 0 Å². The minimum Gasteiger partial charge on any atom is -0.334 e. The second kappa shape index (κ2) is 4.53. The molecule has 0 saturated carbocycles. The largest absolute Gasteiger partial charge is 0.334 e. The van der Waals surface area contributed by atoms with Gasteiger partial charge in [-0.1, -0.05) is 25.1 Å². The molecule has 0 atom stereocenters. The van der Waals surface area contributed by atoms with Crippen molar-refractivity contribution in [2.45, 2.75) is 32.7 Å². The van der Waals surface area contributed by atoms with Gasteiger partial charge in [-0.05, 0) is 36.2 Å². The van der Waals surface area contributed by atoms with Gasteiger partial charge in [-0.3, -0.25) is 0 Å². The molecule has 0 radical (unpaired) electrons. The smallest absolute Gasteiger partial charge is 0.257 e. The van der Waals surface area contributed by atoms with Gasteiger partial charge >= 0.3 is 0 Å². The average Bonchev–Trinajstić information content (AvgIpc) is 2.88. The van der Waals surface area contributed by atoms with Crippen LogP contribution < -0.4 is 5.32 Å². The van der Waals surface area contributed by atoms with Gasteiger partial charge in [0.05, 0.1) is 0 Å². The number of nitrogens with one attached hydrogen (secondary N) is 1. The number of hydrogen-bond acceptors (Lipinski definition) is 4. The van der Waals surface area contributed by atoms with E-state index < -0.39 is 0 Å². The highest BCUT2D eigenvalue weighted by molar-refractivity contribution is 5.56. The minimum absolute atomic E-state index is 0.293. The van der Waals surface area contributed by atoms with E-state index in [1.807, 2.05) is 0 Å². The monoisotopic (exact) mass is 243 g/mol. The van der Waals surface area contributed by atoms with Gasteiger partial charge in [0.2, 0.25) is 0 Å². The molecule has 4 heteroatoms. The predicted octanol–water partition coefficient (Wildman–Crippen LogP) is 2.51. The molecule has 0 spiro atoms. The molecule has 2 heterocycles. The van der Waals surface area contributed by atoms with Crippen molar-refractivity contribution < 1.29 is 4.52 Å². The quantitative estimate of drug-likeness (QED) is 0.880. The number of benzene rings is 1. The summed E-state index contributed by atoms with van der Waals surface area (Å²) in [5.74, 6) is 1.68. The van der Waals surface area contributed by atoms with E-state index in [2.05, 4.69) is 47.5 Å². The molecule has 2 aromatic rings. The molecule has 0 saturated heterocycles. The Morgan fingerprint density at radius 1 is 1.28 bits per heavy atom. The van der Waals surface area contributed by atoms with Gasteiger partial charge in [-0.15, -0.1) is 0 Å². The first-order valence-corrected chi connectivity index (χ1v) is 6.40. The fourth-order valence-corrected chi connectivity index (χ4v) is 2.20. The number of nitrogens with zero attached hydrogens (tertiary/aromatic N) is 2. The predicted molar refractivity (Wildman–Crippen MR) is 69.2 cm³/mol. The van der Waals surface area contributed by atoms with Crippen molar-refractivity contribution in [2.24, 2.45) is 0 Å². The third-order valence-corrected chi connectivity index (χ3v) is 3.30. The van der Waals surface area contributed by atoms with Crippen LogP contribution in [0.5, 0.6) is 0 Å². The molecule has 3 rings (SSSR count). The van der Waals surface area contributed by atoms with E-state index in [-0.39, 0.29) is 0 Å². The van der Waals surface area contributed by atoms with Crippen molar-refractivity contribution in [1.29, 1.82) is 0 Å². The van der Waals surface area contributed by atoms with Gasteiger partial charge < -0.3 is 9.84 Å². The summed E-state index contributed by atoms with van der Waals surface area (Å²) in [6.45, 7) is 6.11. The second-order valence-corrected chi connectivity index (χ2v) is 5.02. The molecular formula is C14H17N3O. The lowest BCUT2D eigenvalue weighted by molar-refractivity contribution is 0.419. The fourth-order valence-electron chi connectivity index (χ4n) is 2.20. The van der Waals surface area contributed by atoms with E-state index in [1.54, 1.807) is 0 Å². The highest BCUT2D eigenvalue weighted by Crippen LogP contribution is 2.24. The molecule has 0 amide bonds. The van der Waals surface area contributed by atoms with Crippen LogP contribution in [0.3, 0.4) is 0 Å². The number of aromatic nitrogens is 2. The summed E-state index contributed by atoms with van der Waals surface area (Å²) in [7, 11) is 0. The highest BCUT2D eigenvalue weighted by atomic mass is 16.5. The maximum Gasteiger partial charge on any atom is 0.257 e. The van der Waals surface area contributed by atoms with E-state index in [0.29, 0.717) is 11.8 Å². The van der Waals surface area contributed by atoms with Gasteiger partial charge in [-0.25, -0.2) is 0 Å².